The Kier molecular flexibility index (Phi) is 2.42. The van der Waals surface area contributed by atoms with Crippen LogP contribution in [0.2, 0.25) is 0 Å². The fourth-order valence-electron chi connectivity index (χ4n) is 1.84. The zero-order chi connectivity index (χ0) is 11.3. The van der Waals surface area contributed by atoms with Crippen molar-refractivity contribution in [3.8, 4) is 0 Å². The van der Waals surface area contributed by atoms with Crippen LogP contribution in [0.15, 0.2) is 12.2 Å². The van der Waals surface area contributed by atoms with Gasteiger partial charge in [0.2, 0.25) is 0 Å². The summed E-state index contributed by atoms with van der Waals surface area (Å²) in [6.07, 6.45) is 3.30. The van der Waals surface area contributed by atoms with E-state index in [9.17, 15) is 8.42 Å². The molecule has 6 heteroatoms. The molecule has 3 atom stereocenters. The number of hydrogen-bond acceptors (Lipinski definition) is 5. The highest BCUT2D eigenvalue weighted by Gasteiger charge is 2.47. The van der Waals surface area contributed by atoms with Crippen molar-refractivity contribution in [3.63, 3.8) is 0 Å². The normalized spacial score (nSPS) is 38.2. The van der Waals surface area contributed by atoms with Crippen molar-refractivity contribution in [3.05, 3.63) is 12.2 Å². The molecule has 0 N–H and O–H groups in total. The molecule has 2 rings (SSSR count). The quantitative estimate of drug-likeness (QED) is 0.512. The van der Waals surface area contributed by atoms with Gasteiger partial charge in [0.05, 0.1) is 6.26 Å². The van der Waals surface area contributed by atoms with E-state index in [-0.39, 0.29) is 12.2 Å². The number of rotatable bonds is 2. The second-order valence-electron chi connectivity index (χ2n) is 4.21. The SMILES string of the molecule is CC1(C)OC2C=CC(OS(C)(=O)=O)C2O1. The van der Waals surface area contributed by atoms with Crippen molar-refractivity contribution in [1.82, 2.24) is 0 Å². The molecule has 15 heavy (non-hydrogen) atoms. The molecule has 0 bridgehead atoms. The molecular formula is C9H14O5S. The summed E-state index contributed by atoms with van der Waals surface area (Å²) in [7, 11) is -3.47. The minimum Gasteiger partial charge on any atom is -0.341 e. The Bertz CT molecular complexity index is 383. The minimum atomic E-state index is -3.47. The lowest BCUT2D eigenvalue weighted by Crippen LogP contribution is -2.32. The van der Waals surface area contributed by atoms with Gasteiger partial charge in [-0.1, -0.05) is 12.2 Å². The summed E-state index contributed by atoms with van der Waals surface area (Å²) in [6.45, 7) is 3.58. The average Bonchev–Trinajstić information content (AvgIpc) is 2.45. The lowest BCUT2D eigenvalue weighted by atomic mass is 10.2. The first-order valence-electron chi connectivity index (χ1n) is 4.69. The van der Waals surface area contributed by atoms with E-state index in [1.165, 1.54) is 0 Å². The molecule has 0 spiro atoms. The van der Waals surface area contributed by atoms with Crippen LogP contribution < -0.4 is 0 Å². The average molecular weight is 234 g/mol. The molecule has 86 valence electrons. The van der Waals surface area contributed by atoms with Gasteiger partial charge in [0.25, 0.3) is 10.1 Å². The van der Waals surface area contributed by atoms with Crippen molar-refractivity contribution in [2.24, 2.45) is 0 Å². The van der Waals surface area contributed by atoms with Crippen LogP contribution in [0.25, 0.3) is 0 Å². The molecule has 1 heterocycles. The van der Waals surface area contributed by atoms with Crippen LogP contribution in [0, 0.1) is 0 Å². The van der Waals surface area contributed by atoms with Gasteiger partial charge in [-0.3, -0.25) is 4.18 Å². The van der Waals surface area contributed by atoms with E-state index < -0.39 is 22.0 Å². The summed E-state index contributed by atoms with van der Waals surface area (Å²) in [6, 6.07) is 0. The molecule has 0 aromatic heterocycles. The Hall–Kier alpha value is -0.430. The van der Waals surface area contributed by atoms with E-state index in [4.69, 9.17) is 13.7 Å². The maximum atomic E-state index is 11.0. The fraction of sp³-hybridized carbons (Fsp3) is 0.778. The monoisotopic (exact) mass is 234 g/mol. The standard InChI is InChI=1S/C9H14O5S/c1-9(2)12-6-4-5-7(8(6)13-9)14-15(3,10)11/h4-8H,1-3H3. The van der Waals surface area contributed by atoms with E-state index in [0.717, 1.165) is 6.26 Å². The minimum absolute atomic E-state index is 0.216. The first-order valence-corrected chi connectivity index (χ1v) is 6.51. The molecule has 0 radical (unpaired) electrons. The highest BCUT2D eigenvalue weighted by atomic mass is 32.2. The number of ether oxygens (including phenoxy) is 2. The maximum absolute atomic E-state index is 11.0. The smallest absolute Gasteiger partial charge is 0.265 e. The van der Waals surface area contributed by atoms with Crippen LogP contribution in [-0.2, 0) is 23.8 Å². The lowest BCUT2D eigenvalue weighted by Gasteiger charge is -2.20. The molecule has 0 amide bonds. The third kappa shape index (κ3) is 2.39. The van der Waals surface area contributed by atoms with E-state index in [1.54, 1.807) is 26.0 Å². The Labute approximate surface area is 89.1 Å². The first kappa shape index (κ1) is 11.1. The molecule has 2 aliphatic rings. The Morgan fingerprint density at radius 2 is 1.93 bits per heavy atom. The third-order valence-electron chi connectivity index (χ3n) is 2.26. The largest absolute Gasteiger partial charge is 0.341 e. The van der Waals surface area contributed by atoms with Gasteiger partial charge in [0.15, 0.2) is 5.79 Å². The maximum Gasteiger partial charge on any atom is 0.265 e. The van der Waals surface area contributed by atoms with Crippen molar-refractivity contribution < 1.29 is 22.1 Å². The highest BCUT2D eigenvalue weighted by Crippen LogP contribution is 2.35. The molecule has 1 fully saturated rings. The molecule has 1 aliphatic carbocycles. The molecule has 0 aromatic rings. The van der Waals surface area contributed by atoms with Crippen LogP contribution in [0.4, 0.5) is 0 Å². The van der Waals surface area contributed by atoms with Gasteiger partial charge in [-0.2, -0.15) is 8.42 Å². The zero-order valence-corrected chi connectivity index (χ0v) is 9.65. The molecule has 3 unspecified atom stereocenters. The zero-order valence-electron chi connectivity index (χ0n) is 8.84. The van der Waals surface area contributed by atoms with Crippen LogP contribution in [0.5, 0.6) is 0 Å². The van der Waals surface area contributed by atoms with Crippen LogP contribution in [0.1, 0.15) is 13.8 Å². The van der Waals surface area contributed by atoms with E-state index in [1.807, 2.05) is 0 Å². The summed E-state index contributed by atoms with van der Waals surface area (Å²) < 4.78 is 37.9. The van der Waals surface area contributed by atoms with Gasteiger partial charge >= 0.3 is 0 Å². The van der Waals surface area contributed by atoms with Gasteiger partial charge in [-0.25, -0.2) is 0 Å². The van der Waals surface area contributed by atoms with Crippen LogP contribution in [-0.4, -0.2) is 38.8 Å². The molecule has 1 saturated heterocycles. The van der Waals surface area contributed by atoms with Crippen molar-refractivity contribution in [2.45, 2.75) is 37.9 Å². The predicted molar refractivity (Wildman–Crippen MR) is 52.7 cm³/mol. The first-order chi connectivity index (χ1) is 6.77. The summed E-state index contributed by atoms with van der Waals surface area (Å²) >= 11 is 0. The summed E-state index contributed by atoms with van der Waals surface area (Å²) in [5.74, 6) is -0.681. The lowest BCUT2D eigenvalue weighted by molar-refractivity contribution is -0.150. The van der Waals surface area contributed by atoms with E-state index >= 15 is 0 Å². The van der Waals surface area contributed by atoms with Gasteiger partial charge in [0, 0.05) is 0 Å². The third-order valence-corrected chi connectivity index (χ3v) is 2.84. The second-order valence-corrected chi connectivity index (χ2v) is 5.82. The molecular weight excluding hydrogens is 220 g/mol. The predicted octanol–water partition coefficient (Wildman–Crippen LogP) is 0.421. The molecule has 0 saturated carbocycles. The van der Waals surface area contributed by atoms with Crippen molar-refractivity contribution in [2.75, 3.05) is 6.26 Å². The second kappa shape index (κ2) is 3.28. The summed E-state index contributed by atoms with van der Waals surface area (Å²) in [5, 5.41) is 0. The van der Waals surface area contributed by atoms with Gasteiger partial charge in [0.1, 0.15) is 18.3 Å². The fourth-order valence-corrected chi connectivity index (χ4v) is 2.41. The number of hydrogen-bond donors (Lipinski definition) is 0. The molecule has 5 nitrogen and oxygen atoms in total. The van der Waals surface area contributed by atoms with Crippen LogP contribution >= 0.6 is 0 Å². The van der Waals surface area contributed by atoms with Gasteiger partial charge < -0.3 is 9.47 Å². The Morgan fingerprint density at radius 1 is 1.27 bits per heavy atom. The highest BCUT2D eigenvalue weighted by molar-refractivity contribution is 7.86. The Morgan fingerprint density at radius 3 is 2.53 bits per heavy atom. The molecule has 1 aliphatic heterocycles. The van der Waals surface area contributed by atoms with Gasteiger partial charge in [-0.05, 0) is 13.8 Å². The summed E-state index contributed by atoms with van der Waals surface area (Å²) in [5.41, 5.74) is 0. The van der Waals surface area contributed by atoms with Crippen molar-refractivity contribution >= 4 is 10.1 Å². The Balaban J connectivity index is 2.10. The summed E-state index contributed by atoms with van der Waals surface area (Å²) in [4.78, 5) is 0. The topological polar surface area (TPSA) is 61.8 Å². The van der Waals surface area contributed by atoms with E-state index in [0.29, 0.717) is 0 Å². The molecule has 0 aromatic carbocycles. The van der Waals surface area contributed by atoms with Gasteiger partial charge in [-0.15, -0.1) is 0 Å². The number of fused-ring (bicyclic) bond motifs is 1. The van der Waals surface area contributed by atoms with Crippen LogP contribution in [0.3, 0.4) is 0 Å². The van der Waals surface area contributed by atoms with Crippen molar-refractivity contribution in [1.29, 1.82) is 0 Å². The van der Waals surface area contributed by atoms with E-state index in [2.05, 4.69) is 0 Å².